The zero-order valence-electron chi connectivity index (χ0n) is 16.5. The first-order chi connectivity index (χ1) is 14.6. The number of hydrazone groups is 1. The van der Waals surface area contributed by atoms with Crippen molar-refractivity contribution in [3.63, 3.8) is 0 Å². The van der Waals surface area contributed by atoms with E-state index in [0.29, 0.717) is 23.5 Å². The average Bonchev–Trinajstić information content (AvgIpc) is 3.20. The molecule has 2 aromatic rings. The average molecular weight is 411 g/mol. The number of benzene rings is 2. The van der Waals surface area contributed by atoms with E-state index in [0.717, 1.165) is 24.8 Å². The van der Waals surface area contributed by atoms with Crippen molar-refractivity contribution in [1.29, 1.82) is 0 Å². The molecule has 8 nitrogen and oxygen atoms in total. The summed E-state index contributed by atoms with van der Waals surface area (Å²) in [4.78, 5) is 23.8. The van der Waals surface area contributed by atoms with Crippen molar-refractivity contribution >= 4 is 18.1 Å². The lowest BCUT2D eigenvalue weighted by Crippen LogP contribution is -2.31. The van der Waals surface area contributed by atoms with E-state index >= 15 is 0 Å². The number of nitrogens with zero attached hydrogens (tertiary/aromatic N) is 1. The summed E-state index contributed by atoms with van der Waals surface area (Å²) in [5.74, 6) is 4.23. The van der Waals surface area contributed by atoms with E-state index in [-0.39, 0.29) is 19.2 Å². The van der Waals surface area contributed by atoms with Gasteiger partial charge in [-0.3, -0.25) is 9.59 Å². The van der Waals surface area contributed by atoms with Crippen LogP contribution in [0.4, 0.5) is 0 Å². The number of carbonyl (C=O) groups is 2. The Morgan fingerprint density at radius 3 is 2.63 bits per heavy atom. The van der Waals surface area contributed by atoms with Crippen LogP contribution in [0.3, 0.4) is 0 Å². The fraction of sp³-hybridized carbons (Fsp3) is 0.318. The predicted octanol–water partition coefficient (Wildman–Crippen LogP) is 2.41. The van der Waals surface area contributed by atoms with Crippen LogP contribution in [0, 0.1) is 0 Å². The third-order valence-corrected chi connectivity index (χ3v) is 4.92. The third-order valence-electron chi connectivity index (χ3n) is 4.92. The second-order valence-electron chi connectivity index (χ2n) is 7.03. The fourth-order valence-electron chi connectivity index (χ4n) is 3.25. The molecule has 2 aromatic carbocycles. The zero-order chi connectivity index (χ0) is 21.3. The van der Waals surface area contributed by atoms with Gasteiger partial charge in [-0.15, -0.1) is 0 Å². The number of nitrogens with one attached hydrogen (secondary N) is 1. The number of nitrogens with two attached hydrogens (primary N) is 1. The number of hydrogen-bond donors (Lipinski definition) is 3. The summed E-state index contributed by atoms with van der Waals surface area (Å²) >= 11 is 0. The molecular weight excluding hydrogens is 386 g/mol. The van der Waals surface area contributed by atoms with Crippen molar-refractivity contribution in [2.45, 2.75) is 31.6 Å². The Hall–Kier alpha value is -3.55. The Balaban J connectivity index is 1.42. The Morgan fingerprint density at radius 2 is 1.90 bits per heavy atom. The quantitative estimate of drug-likeness (QED) is 0.239. The molecule has 0 bridgehead atoms. The number of carboxylic acids is 1. The lowest BCUT2D eigenvalue weighted by molar-refractivity contribution is -0.138. The molecule has 0 saturated carbocycles. The van der Waals surface area contributed by atoms with Crippen molar-refractivity contribution in [1.82, 2.24) is 5.32 Å². The highest BCUT2D eigenvalue weighted by Gasteiger charge is 2.23. The van der Waals surface area contributed by atoms with E-state index in [9.17, 15) is 14.7 Å². The Bertz CT molecular complexity index is 911. The molecule has 0 radical (unpaired) electrons. The highest BCUT2D eigenvalue weighted by atomic mass is 16.7. The largest absolute Gasteiger partial charge is 0.481 e. The van der Waals surface area contributed by atoms with Crippen molar-refractivity contribution in [3.05, 3.63) is 59.2 Å². The van der Waals surface area contributed by atoms with Gasteiger partial charge in [-0.1, -0.05) is 30.3 Å². The first-order valence-electron chi connectivity index (χ1n) is 9.78. The van der Waals surface area contributed by atoms with Crippen molar-refractivity contribution in [2.24, 2.45) is 10.9 Å². The number of aryl methyl sites for hydroxylation is 1. The lowest BCUT2D eigenvalue weighted by Gasteiger charge is -2.14. The molecule has 0 fully saturated rings. The number of carboxylic acid groups (broad SMARTS) is 1. The summed E-state index contributed by atoms with van der Waals surface area (Å²) in [5, 5.41) is 15.8. The summed E-state index contributed by atoms with van der Waals surface area (Å²) < 4.78 is 10.5. The van der Waals surface area contributed by atoms with Crippen molar-refractivity contribution in [3.8, 4) is 11.5 Å². The maximum Gasteiger partial charge on any atom is 0.312 e. The first-order valence-corrected chi connectivity index (χ1v) is 9.78. The number of unbranched alkanes of at least 4 members (excludes halogenated alkanes) is 1. The lowest BCUT2D eigenvalue weighted by atomic mass is 9.98. The molecular formula is C22H25N3O5. The van der Waals surface area contributed by atoms with Crippen LogP contribution in [0.5, 0.6) is 11.5 Å². The van der Waals surface area contributed by atoms with Crippen LogP contribution in [0.15, 0.2) is 47.6 Å². The van der Waals surface area contributed by atoms with Gasteiger partial charge in [-0.2, -0.15) is 5.10 Å². The minimum atomic E-state index is -1.00. The number of carbonyl (C=O) groups excluding carboxylic acids is 1. The molecule has 0 spiro atoms. The van der Waals surface area contributed by atoms with Gasteiger partial charge in [0.1, 0.15) is 0 Å². The normalized spacial score (nSPS) is 13.3. The SMILES string of the molecule is N/N=C/c1ccc(CCCCC(=O)NCC(C(=O)O)c2ccc3c(c2)OCO3)cc1. The van der Waals surface area contributed by atoms with E-state index in [1.165, 1.54) is 5.56 Å². The van der Waals surface area contributed by atoms with Crippen LogP contribution in [0.2, 0.25) is 0 Å². The highest BCUT2D eigenvalue weighted by Crippen LogP contribution is 2.34. The predicted molar refractivity (Wildman–Crippen MR) is 112 cm³/mol. The Kier molecular flexibility index (Phi) is 7.26. The summed E-state index contributed by atoms with van der Waals surface area (Å²) in [5.41, 5.74) is 2.68. The molecule has 1 unspecified atom stereocenters. The summed E-state index contributed by atoms with van der Waals surface area (Å²) in [7, 11) is 0. The van der Waals surface area contributed by atoms with Gasteiger partial charge in [-0.05, 0) is 48.1 Å². The molecule has 30 heavy (non-hydrogen) atoms. The number of ether oxygens (including phenoxy) is 2. The van der Waals surface area contributed by atoms with E-state index in [4.69, 9.17) is 15.3 Å². The summed E-state index contributed by atoms with van der Waals surface area (Å²) in [6.45, 7) is 0.150. The smallest absolute Gasteiger partial charge is 0.312 e. The molecule has 0 saturated heterocycles. The standard InChI is InChI=1S/C22H25N3O5/c23-25-12-16-7-5-15(6-8-16)3-1-2-4-21(26)24-13-18(22(27)28)17-9-10-19-20(11-17)30-14-29-19/h5-12,18H,1-4,13-14,23H2,(H,24,26)(H,27,28)/b25-12+. The molecule has 0 aliphatic carbocycles. The molecule has 0 aromatic heterocycles. The Morgan fingerprint density at radius 1 is 1.13 bits per heavy atom. The van der Waals surface area contributed by atoms with Crippen LogP contribution < -0.4 is 20.6 Å². The second-order valence-corrected chi connectivity index (χ2v) is 7.03. The number of hydrogen-bond acceptors (Lipinski definition) is 6. The third kappa shape index (κ3) is 5.73. The number of aliphatic carboxylic acids is 1. The monoisotopic (exact) mass is 411 g/mol. The van der Waals surface area contributed by atoms with Crippen molar-refractivity contribution in [2.75, 3.05) is 13.3 Å². The van der Waals surface area contributed by atoms with Gasteiger partial charge in [-0.25, -0.2) is 0 Å². The molecule has 158 valence electrons. The van der Waals surface area contributed by atoms with Gasteiger partial charge < -0.3 is 25.7 Å². The summed E-state index contributed by atoms with van der Waals surface area (Å²) in [6, 6.07) is 12.9. The van der Waals surface area contributed by atoms with Gasteiger partial charge in [0.15, 0.2) is 11.5 Å². The van der Waals surface area contributed by atoms with Gasteiger partial charge in [0.25, 0.3) is 0 Å². The summed E-state index contributed by atoms with van der Waals surface area (Å²) in [6.07, 6.45) is 4.39. The molecule has 1 atom stereocenters. The van der Waals surface area contributed by atoms with Gasteiger partial charge in [0.2, 0.25) is 12.7 Å². The minimum Gasteiger partial charge on any atom is -0.481 e. The van der Waals surface area contributed by atoms with Gasteiger partial charge in [0.05, 0.1) is 12.1 Å². The second kappa shape index (κ2) is 10.3. The number of amides is 1. The van der Waals surface area contributed by atoms with Crippen LogP contribution >= 0.6 is 0 Å². The molecule has 1 aliphatic heterocycles. The molecule has 8 heteroatoms. The Labute approximate surface area is 174 Å². The number of fused-ring (bicyclic) bond motifs is 1. The molecule has 1 heterocycles. The van der Waals surface area contributed by atoms with E-state index < -0.39 is 11.9 Å². The van der Waals surface area contributed by atoms with E-state index in [1.807, 2.05) is 24.3 Å². The van der Waals surface area contributed by atoms with E-state index in [1.54, 1.807) is 24.4 Å². The maximum atomic E-state index is 12.1. The molecule has 4 N–H and O–H groups in total. The van der Waals surface area contributed by atoms with E-state index in [2.05, 4.69) is 10.4 Å². The molecule has 1 aliphatic rings. The first kappa shape index (κ1) is 21.2. The van der Waals surface area contributed by atoms with Gasteiger partial charge >= 0.3 is 5.97 Å². The van der Waals surface area contributed by atoms with Crippen LogP contribution in [-0.4, -0.2) is 36.5 Å². The maximum absolute atomic E-state index is 12.1. The van der Waals surface area contributed by atoms with Crippen LogP contribution in [-0.2, 0) is 16.0 Å². The molecule has 1 amide bonds. The van der Waals surface area contributed by atoms with Crippen LogP contribution in [0.1, 0.15) is 41.9 Å². The molecule has 3 rings (SSSR count). The zero-order valence-corrected chi connectivity index (χ0v) is 16.5. The van der Waals surface area contributed by atoms with Gasteiger partial charge in [0, 0.05) is 13.0 Å². The minimum absolute atomic E-state index is 0.0258. The van der Waals surface area contributed by atoms with Crippen molar-refractivity contribution < 1.29 is 24.2 Å². The highest BCUT2D eigenvalue weighted by molar-refractivity contribution is 5.80. The topological polar surface area (TPSA) is 123 Å². The fourth-order valence-corrected chi connectivity index (χ4v) is 3.25. The van der Waals surface area contributed by atoms with Crippen LogP contribution in [0.25, 0.3) is 0 Å². The number of rotatable bonds is 10.